The summed E-state index contributed by atoms with van der Waals surface area (Å²) < 4.78 is 6.50. The number of thiophene rings is 1. The van der Waals surface area contributed by atoms with Crippen molar-refractivity contribution in [3.8, 4) is 0 Å². The van der Waals surface area contributed by atoms with Gasteiger partial charge >= 0.3 is 62.4 Å². The van der Waals surface area contributed by atoms with Crippen LogP contribution in [0.5, 0.6) is 0 Å². The second-order valence-corrected chi connectivity index (χ2v) is 10.1. The van der Waals surface area contributed by atoms with Crippen molar-refractivity contribution >= 4 is 51.1 Å². The SMILES string of the molecule is Cl.Cl.Cl.[CH3][Zr]([CH3])[c]1cccs1. The van der Waals surface area contributed by atoms with Gasteiger partial charge in [-0.2, -0.15) is 0 Å². The maximum absolute atomic E-state index is 2.41. The van der Waals surface area contributed by atoms with Crippen molar-refractivity contribution in [2.24, 2.45) is 0 Å². The van der Waals surface area contributed by atoms with Crippen LogP contribution in [0.3, 0.4) is 0 Å². The van der Waals surface area contributed by atoms with Crippen molar-refractivity contribution in [1.82, 2.24) is 0 Å². The number of rotatable bonds is 1. The first-order valence-corrected chi connectivity index (χ1v) is 9.67. The third-order valence-electron chi connectivity index (χ3n) is 1.01. The molecule has 1 aromatic heterocycles. The molecule has 0 aliphatic rings. The summed E-state index contributed by atoms with van der Waals surface area (Å²) in [7, 11) is 0. The molecule has 0 unspecified atom stereocenters. The minimum atomic E-state index is -0.946. The fraction of sp³-hybridized carbons (Fsp3) is 0.333. The summed E-state index contributed by atoms with van der Waals surface area (Å²) >= 11 is 0.972. The first-order valence-electron chi connectivity index (χ1n) is 2.65. The average molecular weight is 314 g/mol. The zero-order valence-corrected chi connectivity index (χ0v) is 12.1. The quantitative estimate of drug-likeness (QED) is 0.746. The second kappa shape index (κ2) is 9.54. The Bertz CT molecular complexity index is 153. The average Bonchev–Trinajstić information content (AvgIpc) is 2.12. The molecular weight excluding hydrogens is 302 g/mol. The zero-order chi connectivity index (χ0) is 5.98. The molecule has 0 aromatic carbocycles. The molecule has 0 N–H and O–H groups in total. The normalized spacial score (nSPS) is 6.73. The van der Waals surface area contributed by atoms with Crippen LogP contribution in [-0.4, -0.2) is 0 Å². The Hall–Kier alpha value is 1.45. The molecule has 1 rings (SSSR count). The summed E-state index contributed by atoms with van der Waals surface area (Å²) in [5.41, 5.74) is 0. The predicted molar refractivity (Wildman–Crippen MR) is 57.4 cm³/mol. The Morgan fingerprint density at radius 2 is 1.73 bits per heavy atom. The van der Waals surface area contributed by atoms with Crippen molar-refractivity contribution in [2.75, 3.05) is 0 Å². The Morgan fingerprint density at radius 3 is 1.91 bits per heavy atom. The van der Waals surface area contributed by atoms with Gasteiger partial charge in [-0.05, 0) is 0 Å². The molecule has 1 heterocycles. The topological polar surface area (TPSA) is 0 Å². The molecule has 0 aliphatic heterocycles. The molecule has 0 aliphatic carbocycles. The van der Waals surface area contributed by atoms with Crippen molar-refractivity contribution in [3.63, 3.8) is 0 Å². The summed E-state index contributed by atoms with van der Waals surface area (Å²) in [6, 6.07) is 4.41. The molecule has 0 bridgehead atoms. The molecule has 0 saturated carbocycles. The molecule has 11 heavy (non-hydrogen) atoms. The van der Waals surface area contributed by atoms with Crippen LogP contribution < -0.4 is 2.59 Å². The first kappa shape index (κ1) is 18.3. The van der Waals surface area contributed by atoms with Crippen molar-refractivity contribution < 1.29 is 21.8 Å². The Labute approximate surface area is 98.7 Å². The summed E-state index contributed by atoms with van der Waals surface area (Å²) in [5.74, 6) is 0. The molecule has 0 atom stereocenters. The summed E-state index contributed by atoms with van der Waals surface area (Å²) in [5, 5.41) is 2.17. The van der Waals surface area contributed by atoms with Gasteiger partial charge in [0, 0.05) is 0 Å². The number of hydrogen-bond acceptors (Lipinski definition) is 1. The van der Waals surface area contributed by atoms with E-state index in [9.17, 15) is 0 Å². The molecule has 0 saturated heterocycles. The van der Waals surface area contributed by atoms with Crippen LogP contribution in [0.2, 0.25) is 9.26 Å². The van der Waals surface area contributed by atoms with Gasteiger partial charge in [0.15, 0.2) is 0 Å². The summed E-state index contributed by atoms with van der Waals surface area (Å²) in [6.07, 6.45) is 0. The van der Waals surface area contributed by atoms with E-state index in [-0.39, 0.29) is 37.2 Å². The third-order valence-corrected chi connectivity index (χ3v) is 7.81. The standard InChI is InChI=1S/C4H3S.2CH3.3ClH.Zr/c1-2-4-5-3-1;;;;;;/h1-3H;2*1H3;3*1H;. The molecule has 0 spiro atoms. The molecule has 0 fully saturated rings. The minimum absolute atomic E-state index is 0. The van der Waals surface area contributed by atoms with E-state index in [1.165, 1.54) is 0 Å². The van der Waals surface area contributed by atoms with Crippen molar-refractivity contribution in [3.05, 3.63) is 17.5 Å². The number of halogens is 3. The molecule has 0 nitrogen and oxygen atoms in total. The van der Waals surface area contributed by atoms with Gasteiger partial charge in [-0.1, -0.05) is 0 Å². The van der Waals surface area contributed by atoms with Crippen molar-refractivity contribution in [2.45, 2.75) is 9.26 Å². The van der Waals surface area contributed by atoms with Crippen LogP contribution in [0.15, 0.2) is 17.5 Å². The summed E-state index contributed by atoms with van der Waals surface area (Å²) in [4.78, 5) is 0. The third kappa shape index (κ3) is 6.60. The second-order valence-electron chi connectivity index (χ2n) is 1.98. The van der Waals surface area contributed by atoms with Crippen LogP contribution in [0, 0.1) is 0 Å². The molecule has 67 valence electrons. The van der Waals surface area contributed by atoms with E-state index in [1.807, 2.05) is 11.3 Å². The van der Waals surface area contributed by atoms with Gasteiger partial charge in [-0.25, -0.2) is 0 Å². The molecule has 0 radical (unpaired) electrons. The van der Waals surface area contributed by atoms with Crippen LogP contribution in [0.25, 0.3) is 0 Å². The Morgan fingerprint density at radius 1 is 1.18 bits per heavy atom. The van der Waals surface area contributed by atoms with E-state index in [0.29, 0.717) is 0 Å². The molecular formula is C6H12Cl3SZr. The van der Waals surface area contributed by atoms with Gasteiger partial charge in [0.1, 0.15) is 0 Å². The Balaban J connectivity index is -0.000000213. The fourth-order valence-corrected chi connectivity index (χ4v) is 4.56. The van der Waals surface area contributed by atoms with E-state index in [4.69, 9.17) is 0 Å². The predicted octanol–water partition coefficient (Wildman–Crippen LogP) is 3.35. The van der Waals surface area contributed by atoms with E-state index >= 15 is 0 Å². The van der Waals surface area contributed by atoms with Gasteiger partial charge in [-0.15, -0.1) is 37.2 Å². The molecule has 5 heteroatoms. The Kier molecular flexibility index (Phi) is 15.9. The van der Waals surface area contributed by atoms with Gasteiger partial charge in [-0.3, -0.25) is 0 Å². The van der Waals surface area contributed by atoms with Gasteiger partial charge in [0.05, 0.1) is 0 Å². The van der Waals surface area contributed by atoms with E-state index < -0.39 is 21.8 Å². The van der Waals surface area contributed by atoms with E-state index in [1.54, 1.807) is 2.59 Å². The monoisotopic (exact) mass is 311 g/mol. The zero-order valence-electron chi connectivity index (χ0n) is 6.37. The van der Waals surface area contributed by atoms with E-state index in [0.717, 1.165) is 0 Å². The van der Waals surface area contributed by atoms with Gasteiger partial charge in [0.2, 0.25) is 0 Å². The summed E-state index contributed by atoms with van der Waals surface area (Å²) in [6.45, 7) is 0. The number of hydrogen-bond donors (Lipinski definition) is 0. The van der Waals surface area contributed by atoms with E-state index in [2.05, 4.69) is 26.8 Å². The fourth-order valence-electron chi connectivity index (χ4n) is 0.563. The molecule has 1 aromatic rings. The molecule has 0 amide bonds. The van der Waals surface area contributed by atoms with Crippen molar-refractivity contribution in [1.29, 1.82) is 0 Å². The van der Waals surface area contributed by atoms with Crippen LogP contribution in [0.4, 0.5) is 0 Å². The first-order chi connectivity index (χ1) is 3.80. The van der Waals surface area contributed by atoms with Gasteiger partial charge in [0.25, 0.3) is 0 Å². The van der Waals surface area contributed by atoms with Crippen LogP contribution in [-0.2, 0) is 21.8 Å². The maximum atomic E-state index is 2.41. The van der Waals surface area contributed by atoms with Crippen LogP contribution in [0.1, 0.15) is 0 Å². The van der Waals surface area contributed by atoms with Gasteiger partial charge < -0.3 is 0 Å². The van der Waals surface area contributed by atoms with Crippen LogP contribution >= 0.6 is 48.6 Å².